The Bertz CT molecular complexity index is 1220. The number of non-ortho nitro benzene ring substituents is 1. The molecule has 0 fully saturated rings. The van der Waals surface area contributed by atoms with Gasteiger partial charge in [-0.1, -0.05) is 11.3 Å². The monoisotopic (exact) mass is 489 g/mol. The molecule has 34 heavy (non-hydrogen) atoms. The SMILES string of the molecule is CCOc1cc(C(=O)N=c2sc3cc([N+](=O)[O-])ccc3n2CCOC)cc(OCC)c1OCC. The van der Waals surface area contributed by atoms with Gasteiger partial charge >= 0.3 is 0 Å². The van der Waals surface area contributed by atoms with Crippen molar-refractivity contribution in [1.29, 1.82) is 0 Å². The molecule has 1 aromatic heterocycles. The summed E-state index contributed by atoms with van der Waals surface area (Å²) >= 11 is 1.20. The molecule has 0 saturated carbocycles. The van der Waals surface area contributed by atoms with E-state index in [1.807, 2.05) is 25.3 Å². The van der Waals surface area contributed by atoms with Crippen molar-refractivity contribution in [1.82, 2.24) is 4.57 Å². The lowest BCUT2D eigenvalue weighted by Gasteiger charge is -2.16. The van der Waals surface area contributed by atoms with E-state index in [1.165, 1.54) is 23.5 Å². The van der Waals surface area contributed by atoms with E-state index >= 15 is 0 Å². The Morgan fingerprint density at radius 1 is 1.06 bits per heavy atom. The van der Waals surface area contributed by atoms with Gasteiger partial charge in [-0.05, 0) is 39.0 Å². The molecule has 0 bridgehead atoms. The zero-order valence-corrected chi connectivity index (χ0v) is 20.3. The van der Waals surface area contributed by atoms with Crippen molar-refractivity contribution in [3.63, 3.8) is 0 Å². The van der Waals surface area contributed by atoms with E-state index in [4.69, 9.17) is 18.9 Å². The molecule has 0 saturated heterocycles. The predicted molar refractivity (Wildman–Crippen MR) is 128 cm³/mol. The lowest BCUT2D eigenvalue weighted by atomic mass is 10.1. The fourth-order valence-electron chi connectivity index (χ4n) is 3.32. The Morgan fingerprint density at radius 2 is 1.71 bits per heavy atom. The van der Waals surface area contributed by atoms with Gasteiger partial charge in [-0.15, -0.1) is 0 Å². The standard InChI is InChI=1S/C23H27N3O7S/c1-5-31-18-12-15(13-19(32-6-2)21(18)33-7-3)22(27)24-23-25(10-11-30-4)17-9-8-16(26(28)29)14-20(17)34-23/h8-9,12-14H,5-7,10-11H2,1-4H3. The highest BCUT2D eigenvalue weighted by molar-refractivity contribution is 7.16. The van der Waals surface area contributed by atoms with E-state index in [9.17, 15) is 14.9 Å². The van der Waals surface area contributed by atoms with Crippen LogP contribution in [0.3, 0.4) is 0 Å². The van der Waals surface area contributed by atoms with Crippen LogP contribution in [0, 0.1) is 10.1 Å². The first-order valence-corrected chi connectivity index (χ1v) is 11.7. The highest BCUT2D eigenvalue weighted by Gasteiger charge is 2.19. The molecule has 3 rings (SSSR count). The lowest BCUT2D eigenvalue weighted by Crippen LogP contribution is -2.19. The quantitative estimate of drug-likeness (QED) is 0.293. The van der Waals surface area contributed by atoms with Crippen molar-refractivity contribution in [2.75, 3.05) is 33.5 Å². The number of benzene rings is 2. The third-order valence-corrected chi connectivity index (χ3v) is 5.79. The molecule has 0 unspecified atom stereocenters. The fourth-order valence-corrected chi connectivity index (χ4v) is 4.41. The van der Waals surface area contributed by atoms with Crippen LogP contribution in [0.5, 0.6) is 17.2 Å². The second-order valence-electron chi connectivity index (χ2n) is 6.96. The third kappa shape index (κ3) is 5.54. The number of hydrogen-bond acceptors (Lipinski definition) is 8. The number of ether oxygens (including phenoxy) is 4. The first-order chi connectivity index (χ1) is 16.4. The number of aromatic nitrogens is 1. The average Bonchev–Trinajstić information content (AvgIpc) is 3.15. The molecular weight excluding hydrogens is 462 g/mol. The minimum atomic E-state index is -0.503. The molecule has 0 radical (unpaired) electrons. The number of rotatable bonds is 11. The van der Waals surface area contributed by atoms with Gasteiger partial charge in [0, 0.05) is 31.4 Å². The Balaban J connectivity index is 2.13. The molecule has 0 aliphatic heterocycles. The Labute approximate surface area is 200 Å². The molecule has 0 aliphatic rings. The summed E-state index contributed by atoms with van der Waals surface area (Å²) in [5.74, 6) is 0.727. The first kappa shape index (κ1) is 25.2. The molecule has 2 aromatic carbocycles. The van der Waals surface area contributed by atoms with Crippen molar-refractivity contribution < 1.29 is 28.7 Å². The molecule has 1 amide bonds. The summed E-state index contributed by atoms with van der Waals surface area (Å²) in [4.78, 5) is 28.7. The summed E-state index contributed by atoms with van der Waals surface area (Å²) in [6.45, 7) is 7.51. The van der Waals surface area contributed by atoms with Crippen molar-refractivity contribution in [3.05, 3.63) is 50.8 Å². The topological polar surface area (TPSA) is 114 Å². The van der Waals surface area contributed by atoms with Crippen molar-refractivity contribution in [2.24, 2.45) is 4.99 Å². The van der Waals surface area contributed by atoms with Gasteiger partial charge in [0.15, 0.2) is 16.3 Å². The molecule has 0 aliphatic carbocycles. The van der Waals surface area contributed by atoms with Crippen molar-refractivity contribution >= 4 is 33.1 Å². The molecule has 182 valence electrons. The average molecular weight is 490 g/mol. The first-order valence-electron chi connectivity index (χ1n) is 10.9. The lowest BCUT2D eigenvalue weighted by molar-refractivity contribution is -0.384. The molecular formula is C23H27N3O7S. The molecule has 1 heterocycles. The van der Waals surface area contributed by atoms with Gasteiger partial charge in [0.1, 0.15) is 0 Å². The molecule has 10 nitrogen and oxygen atoms in total. The number of hydrogen-bond donors (Lipinski definition) is 0. The van der Waals surface area contributed by atoms with E-state index in [0.29, 0.717) is 59.7 Å². The number of carbonyl (C=O) groups is 1. The van der Waals surface area contributed by atoms with Crippen molar-refractivity contribution in [3.8, 4) is 17.2 Å². The normalized spacial score (nSPS) is 11.6. The van der Waals surface area contributed by atoms with Gasteiger partial charge in [0.05, 0.1) is 41.6 Å². The van der Waals surface area contributed by atoms with Gasteiger partial charge in [0.2, 0.25) is 5.75 Å². The molecule has 0 spiro atoms. The molecule has 0 N–H and O–H groups in total. The number of nitro benzene ring substituents is 1. The molecule has 0 atom stereocenters. The van der Waals surface area contributed by atoms with E-state index in [2.05, 4.69) is 4.99 Å². The van der Waals surface area contributed by atoms with Gasteiger partial charge in [-0.3, -0.25) is 14.9 Å². The summed E-state index contributed by atoms with van der Waals surface area (Å²) in [6, 6.07) is 7.73. The van der Waals surface area contributed by atoms with E-state index in [-0.39, 0.29) is 11.3 Å². The van der Waals surface area contributed by atoms with Gasteiger partial charge in [0.25, 0.3) is 11.6 Å². The fraction of sp³-hybridized carbons (Fsp3) is 0.391. The van der Waals surface area contributed by atoms with Crippen molar-refractivity contribution in [2.45, 2.75) is 27.3 Å². The maximum atomic E-state index is 13.2. The van der Waals surface area contributed by atoms with Crippen LogP contribution >= 0.6 is 11.3 Å². The largest absolute Gasteiger partial charge is 0.490 e. The minimum absolute atomic E-state index is 0.0280. The molecule has 11 heteroatoms. The van der Waals surface area contributed by atoms with Crippen LogP contribution in [0.15, 0.2) is 35.3 Å². The summed E-state index contributed by atoms with van der Waals surface area (Å²) in [5.41, 5.74) is 0.979. The number of nitrogens with zero attached hydrogens (tertiary/aromatic N) is 3. The summed E-state index contributed by atoms with van der Waals surface area (Å²) in [7, 11) is 1.58. The number of amides is 1. The van der Waals surface area contributed by atoms with E-state index < -0.39 is 10.8 Å². The zero-order valence-electron chi connectivity index (χ0n) is 19.5. The number of thiazole rings is 1. The Morgan fingerprint density at radius 3 is 2.26 bits per heavy atom. The summed E-state index contributed by atoms with van der Waals surface area (Å²) in [6.07, 6.45) is 0. The minimum Gasteiger partial charge on any atom is -0.490 e. The van der Waals surface area contributed by atoms with Gasteiger partial charge < -0.3 is 23.5 Å². The van der Waals surface area contributed by atoms with Crippen LogP contribution in [0.25, 0.3) is 10.2 Å². The van der Waals surface area contributed by atoms with Crippen LogP contribution < -0.4 is 19.0 Å². The highest BCUT2D eigenvalue weighted by Crippen LogP contribution is 2.39. The Kier molecular flexibility index (Phi) is 8.61. The zero-order chi connectivity index (χ0) is 24.7. The second-order valence-corrected chi connectivity index (χ2v) is 7.96. The smallest absolute Gasteiger partial charge is 0.279 e. The Hall–Kier alpha value is -3.44. The molecule has 3 aromatic rings. The number of fused-ring (bicyclic) bond motifs is 1. The summed E-state index contributed by atoms with van der Waals surface area (Å²) in [5, 5.41) is 11.2. The summed E-state index contributed by atoms with van der Waals surface area (Å²) < 4.78 is 24.7. The maximum Gasteiger partial charge on any atom is 0.279 e. The van der Waals surface area contributed by atoms with Crippen LogP contribution in [0.2, 0.25) is 0 Å². The highest BCUT2D eigenvalue weighted by atomic mass is 32.1. The number of methoxy groups -OCH3 is 1. The third-order valence-electron chi connectivity index (χ3n) is 4.75. The number of carbonyl (C=O) groups excluding carboxylic acids is 1. The van der Waals surface area contributed by atoms with Crippen LogP contribution in [-0.4, -0.2) is 48.9 Å². The van der Waals surface area contributed by atoms with Crippen LogP contribution in [0.4, 0.5) is 5.69 Å². The predicted octanol–water partition coefficient (Wildman–Crippen LogP) is 4.19. The van der Waals surface area contributed by atoms with E-state index in [1.54, 1.807) is 25.3 Å². The number of nitro groups is 1. The second kappa shape index (κ2) is 11.6. The van der Waals surface area contributed by atoms with Crippen LogP contribution in [0.1, 0.15) is 31.1 Å². The van der Waals surface area contributed by atoms with E-state index in [0.717, 1.165) is 5.52 Å². The maximum absolute atomic E-state index is 13.2. The van der Waals surface area contributed by atoms with Gasteiger partial charge in [-0.2, -0.15) is 4.99 Å². The van der Waals surface area contributed by atoms with Crippen LogP contribution in [-0.2, 0) is 11.3 Å². The van der Waals surface area contributed by atoms with Gasteiger partial charge in [-0.25, -0.2) is 0 Å².